The number of carbonyl (C=O) groups is 1. The maximum Gasteiger partial charge on any atom is 0.312 e. The Balaban J connectivity index is 1.85. The first-order chi connectivity index (χ1) is 12.6. The molecule has 0 saturated carbocycles. The van der Waals surface area contributed by atoms with Gasteiger partial charge in [0.1, 0.15) is 11.4 Å². The summed E-state index contributed by atoms with van der Waals surface area (Å²) < 4.78 is 3.36. The molecule has 1 unspecified atom stereocenters. The van der Waals surface area contributed by atoms with Crippen LogP contribution in [-0.4, -0.2) is 36.9 Å². The Morgan fingerprint density at radius 3 is 2.33 bits per heavy atom. The zero-order chi connectivity index (χ0) is 20.3. The van der Waals surface area contributed by atoms with E-state index < -0.39 is 4.92 Å². The van der Waals surface area contributed by atoms with Crippen molar-refractivity contribution in [2.75, 3.05) is 6.54 Å². The molecule has 9 nitrogen and oxygen atoms in total. The molecule has 0 aromatic carbocycles. The molecule has 0 saturated heterocycles. The van der Waals surface area contributed by atoms with Crippen molar-refractivity contribution in [1.29, 1.82) is 0 Å². The van der Waals surface area contributed by atoms with Crippen molar-refractivity contribution in [2.45, 2.75) is 54.1 Å². The minimum atomic E-state index is -0.440. The minimum absolute atomic E-state index is 0.00570. The van der Waals surface area contributed by atoms with Crippen molar-refractivity contribution in [2.24, 2.45) is 5.92 Å². The van der Waals surface area contributed by atoms with Gasteiger partial charge in [-0.1, -0.05) is 18.5 Å². The van der Waals surface area contributed by atoms with E-state index in [1.165, 1.54) is 4.68 Å². The van der Waals surface area contributed by atoms with Gasteiger partial charge in [0.2, 0.25) is 5.91 Å². The number of carbonyl (C=O) groups excluding carboxylic acids is 1. The molecular weight excluding hydrogens is 372 g/mol. The summed E-state index contributed by atoms with van der Waals surface area (Å²) in [6.45, 7) is 10.3. The maximum atomic E-state index is 12.3. The van der Waals surface area contributed by atoms with Gasteiger partial charge >= 0.3 is 5.69 Å². The lowest BCUT2D eigenvalue weighted by Crippen LogP contribution is -2.33. The van der Waals surface area contributed by atoms with Gasteiger partial charge in [-0.15, -0.1) is 0 Å². The molecule has 0 radical (unpaired) electrons. The van der Waals surface area contributed by atoms with Crippen LogP contribution in [0.15, 0.2) is 0 Å². The zero-order valence-corrected chi connectivity index (χ0v) is 17.0. The standard InChI is InChI=1S/C17H25ClN6O3/c1-10(9-23-14(5)16(24(26)27)12(3)21-23)17(25)19-7-6-8-22-13(4)15(18)11(2)20-22/h10H,6-9H2,1-5H3,(H,19,25). The van der Waals surface area contributed by atoms with Gasteiger partial charge in [0.05, 0.1) is 33.8 Å². The maximum absolute atomic E-state index is 12.3. The molecule has 148 valence electrons. The van der Waals surface area contributed by atoms with Crippen molar-refractivity contribution in [3.63, 3.8) is 0 Å². The van der Waals surface area contributed by atoms with Crippen LogP contribution in [0.5, 0.6) is 0 Å². The van der Waals surface area contributed by atoms with Crippen LogP contribution in [0, 0.1) is 43.7 Å². The quantitative estimate of drug-likeness (QED) is 0.419. The summed E-state index contributed by atoms with van der Waals surface area (Å²) in [6.07, 6.45) is 0.724. The number of halogens is 1. The lowest BCUT2D eigenvalue weighted by Gasteiger charge is -2.13. The summed E-state index contributed by atoms with van der Waals surface area (Å²) in [7, 11) is 0. The van der Waals surface area contributed by atoms with E-state index in [1.54, 1.807) is 20.8 Å². The predicted molar refractivity (Wildman–Crippen MR) is 102 cm³/mol. The lowest BCUT2D eigenvalue weighted by molar-refractivity contribution is -0.386. The van der Waals surface area contributed by atoms with Crippen molar-refractivity contribution < 1.29 is 9.72 Å². The summed E-state index contributed by atoms with van der Waals surface area (Å²) >= 11 is 6.12. The van der Waals surface area contributed by atoms with E-state index in [0.717, 1.165) is 17.8 Å². The third-order valence-electron chi connectivity index (χ3n) is 4.56. The van der Waals surface area contributed by atoms with E-state index in [9.17, 15) is 14.9 Å². The third-order valence-corrected chi connectivity index (χ3v) is 5.11. The summed E-state index contributed by atoms with van der Waals surface area (Å²) in [5, 5.41) is 23.2. The SMILES string of the molecule is Cc1nn(CCCNC(=O)C(C)Cn2nc(C)c([N+](=O)[O-])c2C)c(C)c1Cl. The Morgan fingerprint density at radius 1 is 1.19 bits per heavy atom. The van der Waals surface area contributed by atoms with Gasteiger partial charge in [-0.3, -0.25) is 24.3 Å². The van der Waals surface area contributed by atoms with Crippen LogP contribution < -0.4 is 5.32 Å². The number of hydrogen-bond acceptors (Lipinski definition) is 5. The molecule has 2 heterocycles. The fourth-order valence-electron chi connectivity index (χ4n) is 2.98. The number of nitro groups is 1. The second kappa shape index (κ2) is 8.51. The fourth-order valence-corrected chi connectivity index (χ4v) is 3.11. The highest BCUT2D eigenvalue weighted by atomic mass is 35.5. The molecule has 1 atom stereocenters. The first kappa shape index (κ1) is 20.9. The van der Waals surface area contributed by atoms with Crippen LogP contribution in [0.2, 0.25) is 5.02 Å². The van der Waals surface area contributed by atoms with Crippen molar-refractivity contribution >= 4 is 23.2 Å². The van der Waals surface area contributed by atoms with E-state index in [-0.39, 0.29) is 17.5 Å². The average Bonchev–Trinajstić information content (AvgIpc) is 3.01. The molecule has 0 spiro atoms. The monoisotopic (exact) mass is 396 g/mol. The number of aromatic nitrogens is 4. The highest BCUT2D eigenvalue weighted by Crippen LogP contribution is 2.22. The van der Waals surface area contributed by atoms with Crippen LogP contribution in [0.4, 0.5) is 5.69 Å². The van der Waals surface area contributed by atoms with Gasteiger partial charge in [0.15, 0.2) is 0 Å². The minimum Gasteiger partial charge on any atom is -0.356 e. The van der Waals surface area contributed by atoms with Crippen LogP contribution >= 0.6 is 11.6 Å². The highest BCUT2D eigenvalue weighted by molar-refractivity contribution is 6.31. The molecule has 1 amide bonds. The van der Waals surface area contributed by atoms with E-state index in [2.05, 4.69) is 15.5 Å². The third kappa shape index (κ3) is 4.65. The molecule has 2 rings (SSSR count). The molecular formula is C17H25ClN6O3. The van der Waals surface area contributed by atoms with Crippen LogP contribution in [-0.2, 0) is 17.9 Å². The molecule has 2 aromatic heterocycles. The number of hydrogen-bond donors (Lipinski definition) is 1. The molecule has 0 aliphatic rings. The summed E-state index contributed by atoms with van der Waals surface area (Å²) in [6, 6.07) is 0. The van der Waals surface area contributed by atoms with Crippen molar-refractivity contribution in [3.05, 3.63) is 37.9 Å². The number of aryl methyl sites for hydroxylation is 3. The number of nitrogens with one attached hydrogen (secondary N) is 1. The highest BCUT2D eigenvalue weighted by Gasteiger charge is 2.24. The van der Waals surface area contributed by atoms with E-state index in [0.29, 0.717) is 36.0 Å². The molecule has 0 bridgehead atoms. The largest absolute Gasteiger partial charge is 0.356 e. The van der Waals surface area contributed by atoms with Crippen LogP contribution in [0.25, 0.3) is 0 Å². The summed E-state index contributed by atoms with van der Waals surface area (Å²) in [5.74, 6) is -0.470. The average molecular weight is 397 g/mol. The van der Waals surface area contributed by atoms with Gasteiger partial charge in [-0.25, -0.2) is 0 Å². The molecule has 0 aliphatic carbocycles. The van der Waals surface area contributed by atoms with Crippen LogP contribution in [0.3, 0.4) is 0 Å². The summed E-state index contributed by atoms with van der Waals surface area (Å²) in [4.78, 5) is 22.9. The molecule has 10 heteroatoms. The molecule has 2 aromatic rings. The molecule has 27 heavy (non-hydrogen) atoms. The Morgan fingerprint density at radius 2 is 1.81 bits per heavy atom. The van der Waals surface area contributed by atoms with Crippen molar-refractivity contribution in [1.82, 2.24) is 24.9 Å². The summed E-state index contributed by atoms with van der Waals surface area (Å²) in [5.41, 5.74) is 2.53. The predicted octanol–water partition coefficient (Wildman–Crippen LogP) is 2.72. The lowest BCUT2D eigenvalue weighted by atomic mass is 10.1. The smallest absolute Gasteiger partial charge is 0.312 e. The van der Waals surface area contributed by atoms with E-state index >= 15 is 0 Å². The molecule has 1 N–H and O–H groups in total. The molecule has 0 aliphatic heterocycles. The van der Waals surface area contributed by atoms with Gasteiger partial charge in [-0.2, -0.15) is 10.2 Å². The number of rotatable bonds is 8. The Kier molecular flexibility index (Phi) is 6.59. The van der Waals surface area contributed by atoms with E-state index in [4.69, 9.17) is 11.6 Å². The second-order valence-corrected chi connectivity index (χ2v) is 7.09. The van der Waals surface area contributed by atoms with Gasteiger partial charge in [0.25, 0.3) is 0 Å². The van der Waals surface area contributed by atoms with Crippen LogP contribution in [0.1, 0.15) is 36.1 Å². The van der Waals surface area contributed by atoms with Gasteiger partial charge < -0.3 is 5.32 Å². The van der Waals surface area contributed by atoms with Crippen molar-refractivity contribution in [3.8, 4) is 0 Å². The second-order valence-electron chi connectivity index (χ2n) is 6.71. The normalized spacial score (nSPS) is 12.2. The zero-order valence-electron chi connectivity index (χ0n) is 16.2. The first-order valence-corrected chi connectivity index (χ1v) is 9.16. The number of nitrogens with zero attached hydrogens (tertiary/aromatic N) is 5. The topological polar surface area (TPSA) is 108 Å². The Hall–Kier alpha value is -2.42. The van der Waals surface area contributed by atoms with E-state index in [1.807, 2.05) is 18.5 Å². The Bertz CT molecular complexity index is 857. The first-order valence-electron chi connectivity index (χ1n) is 8.79. The van der Waals surface area contributed by atoms with Gasteiger partial charge in [-0.05, 0) is 34.1 Å². The Labute approximate surface area is 162 Å². The fraction of sp³-hybridized carbons (Fsp3) is 0.588. The van der Waals surface area contributed by atoms with Gasteiger partial charge in [0, 0.05) is 13.1 Å². The molecule has 0 fully saturated rings. The number of amides is 1.